The highest BCUT2D eigenvalue weighted by molar-refractivity contribution is 7.90. The van der Waals surface area contributed by atoms with E-state index < -0.39 is 26.9 Å². The molecule has 0 aliphatic carbocycles. The van der Waals surface area contributed by atoms with E-state index in [1.165, 1.54) is 34.3 Å². The number of urea groups is 1. The van der Waals surface area contributed by atoms with E-state index in [4.69, 9.17) is 9.47 Å². The average molecular weight is 384 g/mol. The number of anilines is 1. The minimum Gasteiger partial charge on any atom is -0.481 e. The van der Waals surface area contributed by atoms with E-state index in [-0.39, 0.29) is 23.3 Å². The molecule has 2 aromatic heterocycles. The van der Waals surface area contributed by atoms with Gasteiger partial charge >= 0.3 is 6.03 Å². The van der Waals surface area contributed by atoms with Crippen molar-refractivity contribution in [1.82, 2.24) is 24.5 Å². The molecule has 2 rings (SSSR count). The molecule has 2 heterocycles. The number of methoxy groups -OCH3 is 2. The Morgan fingerprint density at radius 1 is 1.15 bits per heavy atom. The monoisotopic (exact) mass is 384 g/mol. The molecule has 13 heteroatoms. The van der Waals surface area contributed by atoms with Crippen LogP contribution in [-0.2, 0) is 17.1 Å². The molecule has 12 nitrogen and oxygen atoms in total. The number of hydrogen-bond acceptors (Lipinski definition) is 9. The molecule has 26 heavy (non-hydrogen) atoms. The largest absolute Gasteiger partial charge is 0.481 e. The molecule has 0 radical (unpaired) electrons. The maximum atomic E-state index is 12.4. The summed E-state index contributed by atoms with van der Waals surface area (Å²) in [7, 11) is -0.348. The first-order chi connectivity index (χ1) is 12.2. The molecule has 2 N–H and O–H groups in total. The molecule has 140 valence electrons. The van der Waals surface area contributed by atoms with Gasteiger partial charge in [-0.3, -0.25) is 14.8 Å². The van der Waals surface area contributed by atoms with Crippen LogP contribution in [0.2, 0.25) is 0 Å². The van der Waals surface area contributed by atoms with Crippen molar-refractivity contribution in [1.29, 1.82) is 0 Å². The highest BCUT2D eigenvalue weighted by Crippen LogP contribution is 2.18. The fourth-order valence-electron chi connectivity index (χ4n) is 1.95. The molecule has 0 spiro atoms. The van der Waals surface area contributed by atoms with Crippen LogP contribution in [0.5, 0.6) is 11.8 Å². The van der Waals surface area contributed by atoms with Crippen LogP contribution in [0, 0.1) is 0 Å². The van der Waals surface area contributed by atoms with Gasteiger partial charge in [-0.1, -0.05) is 0 Å². The van der Waals surface area contributed by atoms with Gasteiger partial charge < -0.3 is 9.47 Å². The van der Waals surface area contributed by atoms with Crippen molar-refractivity contribution < 1.29 is 27.5 Å². The number of sulfonamides is 1. The van der Waals surface area contributed by atoms with Gasteiger partial charge in [-0.25, -0.2) is 9.52 Å². The summed E-state index contributed by atoms with van der Waals surface area (Å²) in [5.41, 5.74) is -0.146. The summed E-state index contributed by atoms with van der Waals surface area (Å²) in [6, 6.07) is 0.227. The van der Waals surface area contributed by atoms with Gasteiger partial charge in [0.1, 0.15) is 0 Å². The van der Waals surface area contributed by atoms with Crippen LogP contribution in [0.3, 0.4) is 0 Å². The third kappa shape index (κ3) is 4.05. The van der Waals surface area contributed by atoms with E-state index in [1.807, 2.05) is 0 Å². The van der Waals surface area contributed by atoms with E-state index >= 15 is 0 Å². The van der Waals surface area contributed by atoms with E-state index in [2.05, 4.69) is 20.4 Å². The highest BCUT2D eigenvalue weighted by atomic mass is 32.2. The maximum Gasteiger partial charge on any atom is 0.335 e. The number of ether oxygens (including phenoxy) is 2. The number of ketones is 1. The number of nitrogens with zero attached hydrogens (tertiary/aromatic N) is 4. The van der Waals surface area contributed by atoms with E-state index in [0.717, 1.165) is 10.9 Å². The number of nitrogens with one attached hydrogen (secondary N) is 2. The molecule has 0 saturated heterocycles. The van der Waals surface area contributed by atoms with Gasteiger partial charge in [0.25, 0.3) is 10.0 Å². The Labute approximate surface area is 148 Å². The van der Waals surface area contributed by atoms with Crippen LogP contribution in [0.15, 0.2) is 17.3 Å². The standard InChI is InChI=1S/C13H16N6O6S/c1-7(20)8-6-14-19(2)11(8)26(22,23)18-13(21)17-12-15-9(24-3)5-10(16-12)25-4/h5-6H,1-4H3,(H2,15,16,17,18,21). The van der Waals surface area contributed by atoms with Gasteiger partial charge in [-0.05, 0) is 6.92 Å². The zero-order valence-corrected chi connectivity index (χ0v) is 15.1. The van der Waals surface area contributed by atoms with Crippen molar-refractivity contribution in [2.75, 3.05) is 19.5 Å². The fraction of sp³-hybridized carbons (Fsp3) is 0.308. The topological polar surface area (TPSA) is 154 Å². The summed E-state index contributed by atoms with van der Waals surface area (Å²) in [6.45, 7) is 1.19. The molecule has 0 atom stereocenters. The second-order valence-corrected chi connectivity index (χ2v) is 6.48. The molecule has 0 aliphatic heterocycles. The number of carbonyl (C=O) groups is 2. The van der Waals surface area contributed by atoms with Gasteiger partial charge in [-0.2, -0.15) is 23.5 Å². The van der Waals surface area contributed by atoms with Gasteiger partial charge in [0.2, 0.25) is 17.7 Å². The van der Waals surface area contributed by atoms with Crippen molar-refractivity contribution >= 4 is 27.8 Å². The number of Topliss-reactive ketones (excluding diaryl/α,β-unsaturated/α-hetero) is 1. The average Bonchev–Trinajstić information content (AvgIpc) is 2.96. The smallest absolute Gasteiger partial charge is 0.335 e. The van der Waals surface area contributed by atoms with Gasteiger partial charge in [0.05, 0.1) is 32.0 Å². The first-order valence-corrected chi connectivity index (χ1v) is 8.50. The minimum absolute atomic E-state index is 0.0977. The van der Waals surface area contributed by atoms with E-state index in [1.54, 1.807) is 4.72 Å². The third-order valence-electron chi connectivity index (χ3n) is 3.07. The Hall–Kier alpha value is -3.22. The van der Waals surface area contributed by atoms with Crippen LogP contribution in [0.25, 0.3) is 0 Å². The van der Waals surface area contributed by atoms with Gasteiger partial charge in [0, 0.05) is 7.05 Å². The normalized spacial score (nSPS) is 10.9. The SMILES string of the molecule is COc1cc(OC)nc(NC(=O)NS(=O)(=O)c2c(C(C)=O)cnn2C)n1. The number of hydrogen-bond donors (Lipinski definition) is 2. The lowest BCUT2D eigenvalue weighted by Gasteiger charge is -2.10. The minimum atomic E-state index is -4.37. The summed E-state index contributed by atoms with van der Waals surface area (Å²) in [6.07, 6.45) is 1.10. The number of rotatable bonds is 6. The first kappa shape index (κ1) is 19.1. The van der Waals surface area contributed by atoms with Gasteiger partial charge in [-0.15, -0.1) is 0 Å². The molecule has 0 fully saturated rings. The van der Waals surface area contributed by atoms with Crippen molar-refractivity contribution in [2.24, 2.45) is 7.05 Å². The van der Waals surface area contributed by atoms with Crippen LogP contribution < -0.4 is 19.5 Å². The second-order valence-electron chi connectivity index (χ2n) is 4.88. The van der Waals surface area contributed by atoms with Crippen molar-refractivity contribution in [2.45, 2.75) is 11.9 Å². The van der Waals surface area contributed by atoms with Crippen molar-refractivity contribution in [3.05, 3.63) is 17.8 Å². The Balaban J connectivity index is 2.25. The quantitative estimate of drug-likeness (QED) is 0.652. The lowest BCUT2D eigenvalue weighted by molar-refractivity contribution is 0.101. The molecule has 0 aliphatic rings. The van der Waals surface area contributed by atoms with Crippen molar-refractivity contribution in [3.8, 4) is 11.8 Å². The summed E-state index contributed by atoms with van der Waals surface area (Å²) in [5.74, 6) is -0.563. The van der Waals surface area contributed by atoms with Crippen LogP contribution in [0.4, 0.5) is 10.7 Å². The summed E-state index contributed by atoms with van der Waals surface area (Å²) in [5, 5.41) is 5.44. The fourth-order valence-corrected chi connectivity index (χ4v) is 3.23. The maximum absolute atomic E-state index is 12.4. The molecule has 0 bridgehead atoms. The molecule has 2 aromatic rings. The molecule has 0 saturated carbocycles. The lowest BCUT2D eigenvalue weighted by Crippen LogP contribution is -2.36. The molecule has 0 unspecified atom stereocenters. The van der Waals surface area contributed by atoms with Gasteiger partial charge in [0.15, 0.2) is 10.8 Å². The Morgan fingerprint density at radius 2 is 1.73 bits per heavy atom. The predicted octanol–water partition coefficient (Wildman–Crippen LogP) is -0.0597. The third-order valence-corrected chi connectivity index (χ3v) is 4.52. The van der Waals surface area contributed by atoms with Crippen LogP contribution in [-0.4, -0.2) is 54.2 Å². The van der Waals surface area contributed by atoms with Crippen LogP contribution in [0.1, 0.15) is 17.3 Å². The number of amides is 2. The summed E-state index contributed by atoms with van der Waals surface area (Å²) < 4.78 is 37.4. The predicted molar refractivity (Wildman–Crippen MR) is 87.7 cm³/mol. The first-order valence-electron chi connectivity index (χ1n) is 7.01. The molecule has 2 amide bonds. The highest BCUT2D eigenvalue weighted by Gasteiger charge is 2.27. The van der Waals surface area contributed by atoms with E-state index in [9.17, 15) is 18.0 Å². The Bertz CT molecular complexity index is 932. The number of aromatic nitrogens is 4. The molecular weight excluding hydrogens is 368 g/mol. The number of aryl methyl sites for hydroxylation is 1. The zero-order valence-electron chi connectivity index (χ0n) is 14.3. The lowest BCUT2D eigenvalue weighted by atomic mass is 10.3. The van der Waals surface area contributed by atoms with Crippen LogP contribution >= 0.6 is 0 Å². The Kier molecular flexibility index (Phi) is 5.40. The molecular formula is C13H16N6O6S. The van der Waals surface area contributed by atoms with Crippen molar-refractivity contribution in [3.63, 3.8) is 0 Å². The Morgan fingerprint density at radius 3 is 2.23 bits per heavy atom. The second kappa shape index (κ2) is 7.35. The number of carbonyl (C=O) groups excluding carboxylic acids is 2. The van der Waals surface area contributed by atoms with E-state index in [0.29, 0.717) is 0 Å². The summed E-state index contributed by atoms with van der Waals surface area (Å²) in [4.78, 5) is 31.3. The summed E-state index contributed by atoms with van der Waals surface area (Å²) >= 11 is 0. The molecule has 0 aromatic carbocycles. The zero-order chi connectivity index (χ0) is 19.5.